The molecule has 0 bridgehead atoms. The molecule has 7 heteroatoms. The average molecular weight is 273 g/mol. The molecule has 2 rings (SSSR count). The van der Waals surface area contributed by atoms with E-state index in [2.05, 4.69) is 30.6 Å². The molecule has 0 saturated heterocycles. The molecule has 2 aromatic rings. The van der Waals surface area contributed by atoms with Gasteiger partial charge in [-0.05, 0) is 27.5 Å². The van der Waals surface area contributed by atoms with Gasteiger partial charge in [0.15, 0.2) is 0 Å². The van der Waals surface area contributed by atoms with E-state index in [1.54, 1.807) is 13.2 Å². The molecule has 2 heterocycles. The topological polar surface area (TPSA) is 60.7 Å². The highest BCUT2D eigenvalue weighted by Crippen LogP contribution is 2.19. The molecule has 0 aliphatic heterocycles. The monoisotopic (exact) mass is 272 g/mol. The summed E-state index contributed by atoms with van der Waals surface area (Å²) in [5, 5.41) is 7.58. The van der Waals surface area contributed by atoms with Crippen molar-refractivity contribution in [3.8, 4) is 0 Å². The van der Waals surface area contributed by atoms with Crippen LogP contribution in [0.3, 0.4) is 0 Å². The van der Waals surface area contributed by atoms with Crippen LogP contribution >= 0.6 is 27.5 Å². The first-order chi connectivity index (χ1) is 6.70. The van der Waals surface area contributed by atoms with Gasteiger partial charge >= 0.3 is 0 Å². The highest BCUT2D eigenvalue weighted by molar-refractivity contribution is 9.10. The number of carbonyl (C=O) groups is 1. The Morgan fingerprint density at radius 1 is 1.57 bits per heavy atom. The van der Waals surface area contributed by atoms with E-state index in [1.807, 2.05) is 0 Å². The molecule has 0 N–H and O–H groups in total. The quantitative estimate of drug-likeness (QED) is 0.773. The second kappa shape index (κ2) is 3.58. The van der Waals surface area contributed by atoms with Gasteiger partial charge in [0.2, 0.25) is 5.78 Å². The number of rotatable bonds is 2. The van der Waals surface area contributed by atoms with Crippen molar-refractivity contribution in [1.29, 1.82) is 0 Å². The summed E-state index contributed by atoms with van der Waals surface area (Å²) in [5.74, 6) is -0.119. The van der Waals surface area contributed by atoms with Crippen LogP contribution in [0.2, 0.25) is 0 Å². The zero-order valence-corrected chi connectivity index (χ0v) is 9.54. The SMILES string of the molecule is Cn1ncc(Br)c1C(=O)c1cnns1. The van der Waals surface area contributed by atoms with E-state index >= 15 is 0 Å². The fourth-order valence-electron chi connectivity index (χ4n) is 1.05. The lowest BCUT2D eigenvalue weighted by molar-refractivity contribution is 0.103. The second-order valence-electron chi connectivity index (χ2n) is 2.58. The molecule has 0 aliphatic rings. The third kappa shape index (κ3) is 1.48. The Hall–Kier alpha value is -1.08. The Morgan fingerprint density at radius 2 is 2.36 bits per heavy atom. The van der Waals surface area contributed by atoms with Crippen molar-refractivity contribution in [3.05, 3.63) is 27.4 Å². The van der Waals surface area contributed by atoms with Crippen LogP contribution in [0.5, 0.6) is 0 Å². The first kappa shape index (κ1) is 9.47. The number of hydrogen-bond donors (Lipinski definition) is 0. The maximum absolute atomic E-state index is 11.8. The number of nitrogens with zero attached hydrogens (tertiary/aromatic N) is 4. The van der Waals surface area contributed by atoms with Crippen molar-refractivity contribution in [2.45, 2.75) is 0 Å². The van der Waals surface area contributed by atoms with Gasteiger partial charge in [-0.2, -0.15) is 5.10 Å². The standard InChI is InChI=1S/C7H5BrN4OS/c1-12-6(4(8)2-10-12)7(13)5-3-9-11-14-5/h2-3H,1H3. The smallest absolute Gasteiger partial charge is 0.225 e. The van der Waals surface area contributed by atoms with Gasteiger partial charge in [0.1, 0.15) is 10.6 Å². The molecule has 0 saturated carbocycles. The minimum absolute atomic E-state index is 0.119. The maximum Gasteiger partial charge on any atom is 0.225 e. The molecule has 72 valence electrons. The van der Waals surface area contributed by atoms with Crippen molar-refractivity contribution >= 4 is 33.2 Å². The molecule has 0 spiro atoms. The number of halogens is 1. The first-order valence-electron chi connectivity index (χ1n) is 3.69. The minimum atomic E-state index is -0.119. The van der Waals surface area contributed by atoms with Crippen molar-refractivity contribution in [1.82, 2.24) is 19.4 Å². The van der Waals surface area contributed by atoms with Crippen LogP contribution in [-0.2, 0) is 7.05 Å². The summed E-state index contributed by atoms with van der Waals surface area (Å²) in [4.78, 5) is 12.4. The van der Waals surface area contributed by atoms with Crippen LogP contribution in [0.4, 0.5) is 0 Å². The van der Waals surface area contributed by atoms with Crippen LogP contribution in [0.15, 0.2) is 16.9 Å². The van der Waals surface area contributed by atoms with Crippen LogP contribution in [0.1, 0.15) is 15.4 Å². The van der Waals surface area contributed by atoms with E-state index in [4.69, 9.17) is 0 Å². The third-order valence-electron chi connectivity index (χ3n) is 1.69. The zero-order valence-electron chi connectivity index (χ0n) is 7.14. The van der Waals surface area contributed by atoms with Crippen LogP contribution in [0, 0.1) is 0 Å². The Bertz CT molecular complexity index is 444. The normalized spacial score (nSPS) is 10.4. The van der Waals surface area contributed by atoms with Gasteiger partial charge < -0.3 is 0 Å². The Kier molecular flexibility index (Phi) is 2.42. The average Bonchev–Trinajstić information content (AvgIpc) is 2.75. The molecule has 0 radical (unpaired) electrons. The summed E-state index contributed by atoms with van der Waals surface area (Å²) >= 11 is 4.34. The van der Waals surface area contributed by atoms with E-state index in [0.717, 1.165) is 11.5 Å². The number of carbonyl (C=O) groups excluding carboxylic acids is 1. The number of aryl methyl sites for hydroxylation is 1. The predicted molar refractivity (Wildman–Crippen MR) is 54.2 cm³/mol. The van der Waals surface area contributed by atoms with Gasteiger partial charge in [-0.15, -0.1) is 5.10 Å². The molecule has 0 aromatic carbocycles. The molecule has 0 unspecified atom stereocenters. The summed E-state index contributed by atoms with van der Waals surface area (Å²) in [6, 6.07) is 0. The molecule has 0 amide bonds. The lowest BCUT2D eigenvalue weighted by atomic mass is 10.2. The van der Waals surface area contributed by atoms with Crippen LogP contribution in [0.25, 0.3) is 0 Å². The van der Waals surface area contributed by atoms with E-state index in [-0.39, 0.29) is 5.78 Å². The number of ketones is 1. The number of hydrogen-bond acceptors (Lipinski definition) is 5. The zero-order chi connectivity index (χ0) is 10.1. The van der Waals surface area contributed by atoms with E-state index in [0.29, 0.717) is 15.0 Å². The van der Waals surface area contributed by atoms with E-state index < -0.39 is 0 Å². The molecular weight excluding hydrogens is 268 g/mol. The molecule has 2 aromatic heterocycles. The predicted octanol–water partition coefficient (Wildman–Crippen LogP) is 1.27. The maximum atomic E-state index is 11.8. The number of aromatic nitrogens is 4. The van der Waals surface area contributed by atoms with Crippen molar-refractivity contribution in [3.63, 3.8) is 0 Å². The van der Waals surface area contributed by atoms with Gasteiger partial charge in [0, 0.05) is 7.05 Å². The van der Waals surface area contributed by atoms with E-state index in [1.165, 1.54) is 10.9 Å². The molecule has 14 heavy (non-hydrogen) atoms. The molecule has 0 fully saturated rings. The highest BCUT2D eigenvalue weighted by atomic mass is 79.9. The molecule has 0 aliphatic carbocycles. The lowest BCUT2D eigenvalue weighted by Gasteiger charge is -1.97. The van der Waals surface area contributed by atoms with Crippen LogP contribution in [-0.4, -0.2) is 25.2 Å². The summed E-state index contributed by atoms with van der Waals surface area (Å²) < 4.78 is 5.84. The third-order valence-corrected chi connectivity index (χ3v) is 2.94. The second-order valence-corrected chi connectivity index (χ2v) is 4.22. The fraction of sp³-hybridized carbons (Fsp3) is 0.143. The van der Waals surface area contributed by atoms with Crippen molar-refractivity contribution in [2.24, 2.45) is 7.05 Å². The van der Waals surface area contributed by atoms with Gasteiger partial charge in [-0.25, -0.2) is 0 Å². The molecule has 0 atom stereocenters. The highest BCUT2D eigenvalue weighted by Gasteiger charge is 2.18. The Labute approximate surface area is 92.0 Å². The van der Waals surface area contributed by atoms with Gasteiger partial charge in [-0.3, -0.25) is 9.48 Å². The fourth-order valence-corrected chi connectivity index (χ4v) is 2.03. The van der Waals surface area contributed by atoms with Gasteiger partial charge in [-0.1, -0.05) is 4.49 Å². The Morgan fingerprint density at radius 3 is 2.86 bits per heavy atom. The van der Waals surface area contributed by atoms with Crippen LogP contribution < -0.4 is 0 Å². The summed E-state index contributed by atoms with van der Waals surface area (Å²) in [6.07, 6.45) is 3.04. The lowest BCUT2D eigenvalue weighted by Crippen LogP contribution is -2.07. The summed E-state index contributed by atoms with van der Waals surface area (Å²) in [6.45, 7) is 0. The Balaban J connectivity index is 2.46. The minimum Gasteiger partial charge on any atom is -0.286 e. The molecule has 5 nitrogen and oxygen atoms in total. The largest absolute Gasteiger partial charge is 0.286 e. The molecular formula is C7H5BrN4OS. The van der Waals surface area contributed by atoms with Gasteiger partial charge in [0.05, 0.1) is 16.9 Å². The summed E-state index contributed by atoms with van der Waals surface area (Å²) in [5.41, 5.74) is 0.510. The van der Waals surface area contributed by atoms with Crippen molar-refractivity contribution < 1.29 is 4.79 Å². The van der Waals surface area contributed by atoms with Crippen molar-refractivity contribution in [2.75, 3.05) is 0 Å². The first-order valence-corrected chi connectivity index (χ1v) is 5.26. The van der Waals surface area contributed by atoms with E-state index in [9.17, 15) is 4.79 Å². The summed E-state index contributed by atoms with van der Waals surface area (Å²) in [7, 11) is 1.71. The van der Waals surface area contributed by atoms with Gasteiger partial charge in [0.25, 0.3) is 0 Å².